The predicted octanol–water partition coefficient (Wildman–Crippen LogP) is 3.79. The van der Waals surface area contributed by atoms with E-state index in [1.54, 1.807) is 0 Å². The third kappa shape index (κ3) is 4.95. The molecule has 30 heavy (non-hydrogen) atoms. The zero-order valence-corrected chi connectivity index (χ0v) is 17.1. The van der Waals surface area contributed by atoms with Crippen molar-refractivity contribution in [3.05, 3.63) is 51.4 Å². The zero-order valence-electron chi connectivity index (χ0n) is 16.4. The summed E-state index contributed by atoms with van der Waals surface area (Å²) in [5.41, 5.74) is -1.20. The van der Waals surface area contributed by atoms with Gasteiger partial charge in [-0.3, -0.25) is 9.59 Å². The number of carbonyl (C=O) groups is 1. The average Bonchev–Trinajstić information content (AvgIpc) is 2.70. The predicted molar refractivity (Wildman–Crippen MR) is 108 cm³/mol. The van der Waals surface area contributed by atoms with E-state index < -0.39 is 17.3 Å². The molecule has 1 aromatic carbocycles. The third-order valence-electron chi connectivity index (χ3n) is 4.92. The standard InChI is InChI=1S/C20H22ClF3N4O2/c1-2-5-17(29)26-14-7-4-9-27(12-14)16-11-25-28(19(30)18(16)21)15-8-3-6-13(10-15)20(22,23)24/h3,6,8,10-11,14H,2,4-5,7,9,12H2,1H3,(H,26,29). The number of benzene rings is 1. The molecular formula is C20H22ClF3N4O2. The number of alkyl halides is 3. The summed E-state index contributed by atoms with van der Waals surface area (Å²) in [6.45, 7) is 3.04. The Morgan fingerprint density at radius 2 is 2.13 bits per heavy atom. The van der Waals surface area contributed by atoms with Crippen LogP contribution in [-0.4, -0.2) is 34.8 Å². The lowest BCUT2D eigenvalue weighted by atomic mass is 10.0. The van der Waals surface area contributed by atoms with Gasteiger partial charge in [0.05, 0.1) is 23.1 Å². The number of halogens is 4. The monoisotopic (exact) mass is 442 g/mol. The van der Waals surface area contributed by atoms with Crippen molar-refractivity contribution in [3.63, 3.8) is 0 Å². The van der Waals surface area contributed by atoms with Gasteiger partial charge < -0.3 is 10.2 Å². The maximum atomic E-state index is 13.0. The highest BCUT2D eigenvalue weighted by Crippen LogP contribution is 2.30. The van der Waals surface area contributed by atoms with Crippen LogP contribution >= 0.6 is 11.6 Å². The Balaban J connectivity index is 1.85. The van der Waals surface area contributed by atoms with Gasteiger partial charge in [0.15, 0.2) is 0 Å². The maximum absolute atomic E-state index is 13.0. The smallest absolute Gasteiger partial charge is 0.367 e. The number of piperidine rings is 1. The molecule has 10 heteroatoms. The molecule has 6 nitrogen and oxygen atoms in total. The highest BCUT2D eigenvalue weighted by Gasteiger charge is 2.31. The number of carbonyl (C=O) groups excluding carboxylic acids is 1. The Kier molecular flexibility index (Phi) is 6.70. The van der Waals surface area contributed by atoms with Crippen LogP contribution in [0.1, 0.15) is 38.2 Å². The number of aromatic nitrogens is 2. The quantitative estimate of drug-likeness (QED) is 0.765. The van der Waals surface area contributed by atoms with Crippen LogP contribution in [-0.2, 0) is 11.0 Å². The van der Waals surface area contributed by atoms with E-state index in [4.69, 9.17) is 11.6 Å². The van der Waals surface area contributed by atoms with Crippen molar-refractivity contribution >= 4 is 23.2 Å². The molecule has 1 N–H and O–H groups in total. The lowest BCUT2D eigenvalue weighted by Crippen LogP contribution is -2.48. The Morgan fingerprint density at radius 3 is 2.83 bits per heavy atom. The van der Waals surface area contributed by atoms with E-state index in [1.165, 1.54) is 18.3 Å². The van der Waals surface area contributed by atoms with Gasteiger partial charge in [0.25, 0.3) is 5.56 Å². The van der Waals surface area contributed by atoms with Crippen LogP contribution in [0.3, 0.4) is 0 Å². The van der Waals surface area contributed by atoms with Crippen molar-refractivity contribution in [2.45, 2.75) is 44.8 Å². The zero-order chi connectivity index (χ0) is 21.9. The van der Waals surface area contributed by atoms with E-state index in [-0.39, 0.29) is 22.7 Å². The van der Waals surface area contributed by atoms with E-state index in [9.17, 15) is 22.8 Å². The van der Waals surface area contributed by atoms with E-state index in [0.29, 0.717) is 25.2 Å². The van der Waals surface area contributed by atoms with Crippen molar-refractivity contribution in [1.82, 2.24) is 15.1 Å². The Bertz CT molecular complexity index is 977. The molecule has 0 saturated carbocycles. The molecule has 0 bridgehead atoms. The first-order chi connectivity index (χ1) is 14.2. The molecule has 3 rings (SSSR count). The second kappa shape index (κ2) is 9.07. The van der Waals surface area contributed by atoms with Gasteiger partial charge in [-0.2, -0.15) is 23.0 Å². The summed E-state index contributed by atoms with van der Waals surface area (Å²) in [7, 11) is 0. The molecular weight excluding hydrogens is 421 g/mol. The molecule has 1 unspecified atom stereocenters. The molecule has 0 spiro atoms. The second-order valence-electron chi connectivity index (χ2n) is 7.21. The van der Waals surface area contributed by atoms with Gasteiger partial charge in [-0.25, -0.2) is 0 Å². The first-order valence-electron chi connectivity index (χ1n) is 9.70. The summed E-state index contributed by atoms with van der Waals surface area (Å²) < 4.78 is 39.8. The first-order valence-corrected chi connectivity index (χ1v) is 10.1. The van der Waals surface area contributed by atoms with Gasteiger partial charge in [0.2, 0.25) is 5.91 Å². The van der Waals surface area contributed by atoms with Crippen molar-refractivity contribution in [3.8, 4) is 5.69 Å². The minimum atomic E-state index is -4.53. The summed E-state index contributed by atoms with van der Waals surface area (Å²) in [5.74, 6) is -0.0199. The van der Waals surface area contributed by atoms with Crippen LogP contribution in [0, 0.1) is 0 Å². The molecule has 1 atom stereocenters. The summed E-state index contributed by atoms with van der Waals surface area (Å²) in [6, 6.07) is 4.28. The van der Waals surface area contributed by atoms with Crippen LogP contribution in [0.2, 0.25) is 5.02 Å². The molecule has 162 valence electrons. The molecule has 1 aromatic heterocycles. The number of rotatable bonds is 5. The minimum Gasteiger partial charge on any atom is -0.367 e. The van der Waals surface area contributed by atoms with Crippen molar-refractivity contribution in [2.75, 3.05) is 18.0 Å². The summed E-state index contributed by atoms with van der Waals surface area (Å²) in [5, 5.41) is 6.90. The summed E-state index contributed by atoms with van der Waals surface area (Å²) in [6.07, 6.45) is -0.339. The highest BCUT2D eigenvalue weighted by atomic mass is 35.5. The second-order valence-corrected chi connectivity index (χ2v) is 7.59. The SMILES string of the molecule is CCCC(=O)NC1CCCN(c2cnn(-c3cccc(C(F)(F)F)c3)c(=O)c2Cl)C1. The van der Waals surface area contributed by atoms with Crippen molar-refractivity contribution < 1.29 is 18.0 Å². The van der Waals surface area contributed by atoms with Gasteiger partial charge in [-0.1, -0.05) is 24.6 Å². The molecule has 0 radical (unpaired) electrons. The largest absolute Gasteiger partial charge is 0.416 e. The summed E-state index contributed by atoms with van der Waals surface area (Å²) in [4.78, 5) is 26.5. The fourth-order valence-corrected chi connectivity index (χ4v) is 3.73. The van der Waals surface area contributed by atoms with Gasteiger partial charge in [-0.15, -0.1) is 0 Å². The van der Waals surface area contributed by atoms with E-state index in [2.05, 4.69) is 10.4 Å². The molecule has 1 amide bonds. The van der Waals surface area contributed by atoms with Gasteiger partial charge in [0.1, 0.15) is 5.02 Å². The molecule has 1 fully saturated rings. The molecule has 1 aliphatic heterocycles. The van der Waals surface area contributed by atoms with E-state index >= 15 is 0 Å². The van der Waals surface area contributed by atoms with Crippen LogP contribution in [0.15, 0.2) is 35.3 Å². The number of hydrogen-bond acceptors (Lipinski definition) is 4. The van der Waals surface area contributed by atoms with Gasteiger partial charge >= 0.3 is 6.18 Å². The number of amides is 1. The highest BCUT2D eigenvalue weighted by molar-refractivity contribution is 6.33. The van der Waals surface area contributed by atoms with Crippen molar-refractivity contribution in [2.24, 2.45) is 0 Å². The number of nitrogens with one attached hydrogen (secondary N) is 1. The molecule has 1 aliphatic rings. The molecule has 2 aromatic rings. The van der Waals surface area contributed by atoms with Gasteiger partial charge in [0, 0.05) is 25.6 Å². The first kappa shape index (κ1) is 22.1. The summed E-state index contributed by atoms with van der Waals surface area (Å²) >= 11 is 6.29. The maximum Gasteiger partial charge on any atom is 0.416 e. The lowest BCUT2D eigenvalue weighted by Gasteiger charge is -2.35. The number of anilines is 1. The minimum absolute atomic E-state index is 0.0199. The van der Waals surface area contributed by atoms with Crippen LogP contribution in [0.25, 0.3) is 5.69 Å². The van der Waals surface area contributed by atoms with E-state index in [0.717, 1.165) is 36.1 Å². The lowest BCUT2D eigenvalue weighted by molar-refractivity contribution is -0.137. The third-order valence-corrected chi connectivity index (χ3v) is 5.28. The number of nitrogens with zero attached hydrogens (tertiary/aromatic N) is 3. The molecule has 2 heterocycles. The van der Waals surface area contributed by atoms with Gasteiger partial charge in [-0.05, 0) is 37.5 Å². The fraction of sp³-hybridized carbons (Fsp3) is 0.450. The average molecular weight is 443 g/mol. The normalized spacial score (nSPS) is 17.1. The number of hydrogen-bond donors (Lipinski definition) is 1. The fourth-order valence-electron chi connectivity index (χ4n) is 3.48. The Labute approximate surface area is 176 Å². The Morgan fingerprint density at radius 1 is 1.37 bits per heavy atom. The van der Waals surface area contributed by atoms with Crippen molar-refractivity contribution in [1.29, 1.82) is 0 Å². The van der Waals surface area contributed by atoms with Crippen LogP contribution in [0.5, 0.6) is 0 Å². The molecule has 1 saturated heterocycles. The molecule has 0 aliphatic carbocycles. The van der Waals surface area contributed by atoms with Crippen LogP contribution < -0.4 is 15.8 Å². The van der Waals surface area contributed by atoms with Crippen LogP contribution in [0.4, 0.5) is 18.9 Å². The topological polar surface area (TPSA) is 67.2 Å². The Hall–Kier alpha value is -2.55. The van der Waals surface area contributed by atoms with E-state index in [1.807, 2.05) is 11.8 Å².